The van der Waals surface area contributed by atoms with Gasteiger partial charge in [-0.05, 0) is 38.3 Å². The predicted molar refractivity (Wildman–Crippen MR) is 103 cm³/mol. The highest BCUT2D eigenvalue weighted by Gasteiger charge is 2.29. The molecule has 132 valence electrons. The van der Waals surface area contributed by atoms with E-state index >= 15 is 0 Å². The van der Waals surface area contributed by atoms with Crippen molar-refractivity contribution in [3.05, 3.63) is 29.8 Å². The third-order valence-electron chi connectivity index (χ3n) is 5.39. The van der Waals surface area contributed by atoms with Gasteiger partial charge in [-0.1, -0.05) is 18.2 Å². The summed E-state index contributed by atoms with van der Waals surface area (Å²) in [5.41, 5.74) is 2.04. The number of aryl methyl sites for hydroxylation is 1. The Bertz CT molecular complexity index is 551. The first-order valence-electron chi connectivity index (χ1n) is 9.07. The first kappa shape index (κ1) is 17.8. The van der Waals surface area contributed by atoms with Crippen LogP contribution in [-0.2, 0) is 4.79 Å². The molecule has 0 aromatic heterocycles. The molecule has 2 aliphatic rings. The molecular formula is C19H29N3OS. The molecule has 5 heteroatoms. The molecule has 0 aliphatic carbocycles. The van der Waals surface area contributed by atoms with Gasteiger partial charge in [0.1, 0.15) is 0 Å². The maximum atomic E-state index is 12.6. The van der Waals surface area contributed by atoms with Crippen LogP contribution in [-0.4, -0.2) is 65.5 Å². The van der Waals surface area contributed by atoms with Crippen molar-refractivity contribution in [2.24, 2.45) is 0 Å². The van der Waals surface area contributed by atoms with E-state index in [1.807, 2.05) is 38.1 Å². The number of nitrogens with zero attached hydrogens (tertiary/aromatic N) is 2. The van der Waals surface area contributed by atoms with Crippen molar-refractivity contribution in [3.63, 3.8) is 0 Å². The van der Waals surface area contributed by atoms with E-state index in [2.05, 4.69) is 26.9 Å². The van der Waals surface area contributed by atoms with Crippen LogP contribution in [0.1, 0.15) is 25.3 Å². The van der Waals surface area contributed by atoms with Gasteiger partial charge >= 0.3 is 0 Å². The summed E-state index contributed by atoms with van der Waals surface area (Å²) < 4.78 is 0. The van der Waals surface area contributed by atoms with Gasteiger partial charge in [0.15, 0.2) is 0 Å². The zero-order chi connectivity index (χ0) is 16.9. The zero-order valence-electron chi connectivity index (χ0n) is 14.8. The Morgan fingerprint density at radius 2 is 1.83 bits per heavy atom. The van der Waals surface area contributed by atoms with Crippen LogP contribution in [0.25, 0.3) is 0 Å². The van der Waals surface area contributed by atoms with Crippen LogP contribution in [0, 0.1) is 6.92 Å². The van der Waals surface area contributed by atoms with Crippen molar-refractivity contribution >= 4 is 23.4 Å². The number of piperidine rings is 1. The number of benzene rings is 1. The molecule has 0 radical (unpaired) electrons. The van der Waals surface area contributed by atoms with Gasteiger partial charge in [0.05, 0.1) is 6.04 Å². The molecule has 2 fully saturated rings. The Hall–Kier alpha value is -1.04. The van der Waals surface area contributed by atoms with E-state index < -0.39 is 0 Å². The number of anilines is 1. The number of amides is 1. The van der Waals surface area contributed by atoms with Crippen molar-refractivity contribution in [1.82, 2.24) is 9.80 Å². The van der Waals surface area contributed by atoms with E-state index in [9.17, 15) is 4.79 Å². The Kier molecular flexibility index (Phi) is 6.19. The summed E-state index contributed by atoms with van der Waals surface area (Å²) in [5, 5.41) is 3.09. The van der Waals surface area contributed by atoms with Gasteiger partial charge < -0.3 is 5.32 Å². The first-order valence-corrected chi connectivity index (χ1v) is 10.2. The van der Waals surface area contributed by atoms with Crippen molar-refractivity contribution in [3.8, 4) is 0 Å². The van der Waals surface area contributed by atoms with Gasteiger partial charge in [-0.15, -0.1) is 0 Å². The van der Waals surface area contributed by atoms with Crippen LogP contribution in [0.3, 0.4) is 0 Å². The third-order valence-corrected chi connectivity index (χ3v) is 6.33. The molecule has 2 aliphatic heterocycles. The van der Waals surface area contributed by atoms with Crippen LogP contribution in [0.4, 0.5) is 5.69 Å². The van der Waals surface area contributed by atoms with Gasteiger partial charge in [0.25, 0.3) is 0 Å². The highest BCUT2D eigenvalue weighted by Crippen LogP contribution is 2.22. The Balaban J connectivity index is 1.50. The molecule has 24 heavy (non-hydrogen) atoms. The van der Waals surface area contributed by atoms with E-state index in [-0.39, 0.29) is 11.9 Å². The van der Waals surface area contributed by atoms with E-state index in [4.69, 9.17) is 0 Å². The highest BCUT2D eigenvalue weighted by atomic mass is 32.2. The molecule has 1 amide bonds. The molecule has 2 heterocycles. The summed E-state index contributed by atoms with van der Waals surface area (Å²) in [4.78, 5) is 17.6. The average Bonchev–Trinajstić information content (AvgIpc) is 2.64. The number of likely N-dealkylation sites (tertiary alicyclic amines) is 1. The van der Waals surface area contributed by atoms with Crippen LogP contribution in [0.2, 0.25) is 0 Å². The van der Waals surface area contributed by atoms with Crippen molar-refractivity contribution in [2.75, 3.05) is 43.0 Å². The number of hydrogen-bond acceptors (Lipinski definition) is 4. The predicted octanol–water partition coefficient (Wildman–Crippen LogP) is 2.84. The van der Waals surface area contributed by atoms with Crippen molar-refractivity contribution in [1.29, 1.82) is 0 Å². The highest BCUT2D eigenvalue weighted by molar-refractivity contribution is 7.99. The fourth-order valence-electron chi connectivity index (χ4n) is 3.70. The minimum Gasteiger partial charge on any atom is -0.324 e. The lowest BCUT2D eigenvalue weighted by atomic mass is 10.0. The van der Waals surface area contributed by atoms with E-state index in [0.717, 1.165) is 24.3 Å². The molecule has 1 atom stereocenters. The van der Waals surface area contributed by atoms with Gasteiger partial charge in [0, 0.05) is 49.4 Å². The lowest BCUT2D eigenvalue weighted by Crippen LogP contribution is -2.51. The lowest BCUT2D eigenvalue weighted by molar-refractivity contribution is -0.121. The van der Waals surface area contributed by atoms with Gasteiger partial charge in [-0.2, -0.15) is 11.8 Å². The van der Waals surface area contributed by atoms with Crippen LogP contribution < -0.4 is 5.32 Å². The number of para-hydroxylation sites is 1. The van der Waals surface area contributed by atoms with Gasteiger partial charge in [-0.3, -0.25) is 14.6 Å². The Morgan fingerprint density at radius 1 is 1.17 bits per heavy atom. The molecule has 1 aromatic carbocycles. The topological polar surface area (TPSA) is 35.6 Å². The van der Waals surface area contributed by atoms with Gasteiger partial charge in [0.2, 0.25) is 5.91 Å². The number of carbonyl (C=O) groups excluding carboxylic acids is 1. The molecule has 2 saturated heterocycles. The standard InChI is InChI=1S/C19H29N3OS/c1-15-5-3-4-6-18(15)20-19(23)16(2)21-9-7-17(8-10-21)22-11-13-24-14-12-22/h3-6,16-17H,7-14H2,1-2H3,(H,20,23). The Morgan fingerprint density at radius 3 is 2.50 bits per heavy atom. The normalized spacial score (nSPS) is 22.2. The molecular weight excluding hydrogens is 318 g/mol. The summed E-state index contributed by atoms with van der Waals surface area (Å²) in [6.07, 6.45) is 2.37. The summed E-state index contributed by atoms with van der Waals surface area (Å²) in [6, 6.07) is 8.62. The summed E-state index contributed by atoms with van der Waals surface area (Å²) in [5.74, 6) is 2.65. The third kappa shape index (κ3) is 4.32. The van der Waals surface area contributed by atoms with Crippen LogP contribution >= 0.6 is 11.8 Å². The summed E-state index contributed by atoms with van der Waals surface area (Å²) in [7, 11) is 0. The minimum absolute atomic E-state index is 0.0672. The second-order valence-corrected chi connectivity index (χ2v) is 8.12. The maximum absolute atomic E-state index is 12.6. The van der Waals surface area contributed by atoms with Crippen molar-refractivity contribution in [2.45, 2.75) is 38.8 Å². The number of rotatable bonds is 4. The van der Waals surface area contributed by atoms with Gasteiger partial charge in [-0.25, -0.2) is 0 Å². The van der Waals surface area contributed by atoms with Crippen LogP contribution in [0.5, 0.6) is 0 Å². The fourth-order valence-corrected chi connectivity index (χ4v) is 4.63. The number of thioether (sulfide) groups is 1. The quantitative estimate of drug-likeness (QED) is 0.908. The largest absolute Gasteiger partial charge is 0.324 e. The van der Waals surface area contributed by atoms with E-state index in [1.165, 1.54) is 37.4 Å². The number of carbonyl (C=O) groups is 1. The monoisotopic (exact) mass is 347 g/mol. The van der Waals surface area contributed by atoms with Crippen LogP contribution in [0.15, 0.2) is 24.3 Å². The van der Waals surface area contributed by atoms with E-state index in [1.54, 1.807) is 0 Å². The number of hydrogen-bond donors (Lipinski definition) is 1. The second-order valence-electron chi connectivity index (χ2n) is 6.90. The SMILES string of the molecule is Cc1ccccc1NC(=O)C(C)N1CCC(N2CCSCC2)CC1. The molecule has 1 aromatic rings. The summed E-state index contributed by atoms with van der Waals surface area (Å²) in [6.45, 7) is 8.58. The molecule has 1 unspecified atom stereocenters. The second kappa shape index (κ2) is 8.37. The molecule has 3 rings (SSSR count). The lowest BCUT2D eigenvalue weighted by Gasteiger charge is -2.41. The molecule has 0 saturated carbocycles. The van der Waals surface area contributed by atoms with E-state index in [0.29, 0.717) is 6.04 Å². The molecule has 1 N–H and O–H groups in total. The summed E-state index contributed by atoms with van der Waals surface area (Å²) >= 11 is 2.07. The smallest absolute Gasteiger partial charge is 0.241 e. The minimum atomic E-state index is -0.0672. The molecule has 4 nitrogen and oxygen atoms in total. The molecule has 0 bridgehead atoms. The maximum Gasteiger partial charge on any atom is 0.241 e. The molecule has 0 spiro atoms. The average molecular weight is 348 g/mol. The first-order chi connectivity index (χ1) is 11.6. The zero-order valence-corrected chi connectivity index (χ0v) is 15.6. The Labute approximate surface area is 150 Å². The number of nitrogens with one attached hydrogen (secondary N) is 1. The van der Waals surface area contributed by atoms with Crippen molar-refractivity contribution < 1.29 is 4.79 Å². The fraction of sp³-hybridized carbons (Fsp3) is 0.632.